The van der Waals surface area contributed by atoms with Gasteiger partial charge in [-0.15, -0.1) is 0 Å². The van der Waals surface area contributed by atoms with Gasteiger partial charge in [0, 0.05) is 6.54 Å². The number of morpholine rings is 1. The Bertz CT molecular complexity index is 172. The quantitative estimate of drug-likeness (QED) is 0.485. The van der Waals surface area contributed by atoms with E-state index in [0.29, 0.717) is 13.0 Å². The number of ether oxygens (including phenoxy) is 1. The lowest BCUT2D eigenvalue weighted by Gasteiger charge is -2.23. The maximum atomic E-state index is 9.19. The molecule has 9 heavy (non-hydrogen) atoms. The molecule has 2 bridgehead atoms. The van der Waals surface area contributed by atoms with Gasteiger partial charge in [-0.2, -0.15) is 0 Å². The summed E-state index contributed by atoms with van der Waals surface area (Å²) >= 11 is 0. The van der Waals surface area contributed by atoms with Gasteiger partial charge >= 0.3 is 0 Å². The van der Waals surface area contributed by atoms with Crippen LogP contribution in [0, 0.1) is 0 Å². The largest absolute Gasteiger partial charge is 0.394 e. The van der Waals surface area contributed by atoms with Crippen molar-refractivity contribution >= 4 is 0 Å². The standard InChI is InChI=1S/C6H11NO2/c8-3-6-1-5(2-7-6)9-4-6/h5,7-8H,1-4H2/t5-,6+/m0/s1/i3D2. The van der Waals surface area contributed by atoms with Gasteiger partial charge in [0.25, 0.3) is 0 Å². The maximum Gasteiger partial charge on any atom is 0.0719 e. The van der Waals surface area contributed by atoms with Crippen LogP contribution in [-0.2, 0) is 4.74 Å². The molecule has 2 saturated heterocycles. The van der Waals surface area contributed by atoms with Crippen molar-refractivity contribution in [3.8, 4) is 0 Å². The molecule has 0 radical (unpaired) electrons. The van der Waals surface area contributed by atoms with Crippen molar-refractivity contribution in [2.45, 2.75) is 18.1 Å². The van der Waals surface area contributed by atoms with E-state index in [2.05, 4.69) is 5.32 Å². The van der Waals surface area contributed by atoms with Crippen molar-refractivity contribution in [1.82, 2.24) is 5.32 Å². The van der Waals surface area contributed by atoms with E-state index in [1.165, 1.54) is 0 Å². The van der Waals surface area contributed by atoms with E-state index in [0.717, 1.165) is 0 Å². The Morgan fingerprint density at radius 2 is 2.89 bits per heavy atom. The highest BCUT2D eigenvalue weighted by Gasteiger charge is 2.45. The first-order chi connectivity index (χ1) is 5.04. The van der Waals surface area contributed by atoms with Crippen LogP contribution in [0.1, 0.15) is 9.16 Å². The molecule has 2 aliphatic heterocycles. The van der Waals surface area contributed by atoms with Crippen LogP contribution in [0.4, 0.5) is 0 Å². The Hall–Kier alpha value is -0.120. The zero-order valence-corrected chi connectivity index (χ0v) is 5.05. The third-order valence-electron chi connectivity index (χ3n) is 2.02. The molecule has 3 heteroatoms. The fourth-order valence-electron chi connectivity index (χ4n) is 1.45. The number of hydrogen-bond acceptors (Lipinski definition) is 3. The minimum absolute atomic E-state index is 0.0947. The maximum absolute atomic E-state index is 9.19. The van der Waals surface area contributed by atoms with Gasteiger partial charge in [-0.1, -0.05) is 0 Å². The number of hydrogen-bond donors (Lipinski definition) is 2. The van der Waals surface area contributed by atoms with Gasteiger partial charge < -0.3 is 15.2 Å². The highest BCUT2D eigenvalue weighted by molar-refractivity contribution is 5.02. The molecule has 2 atom stereocenters. The Balaban J connectivity index is 2.23. The zero-order chi connectivity index (χ0) is 8.11. The molecule has 0 aromatic heterocycles. The molecule has 0 spiro atoms. The van der Waals surface area contributed by atoms with E-state index in [4.69, 9.17) is 7.48 Å². The van der Waals surface area contributed by atoms with Crippen molar-refractivity contribution in [2.24, 2.45) is 0 Å². The van der Waals surface area contributed by atoms with E-state index in [1.54, 1.807) is 0 Å². The first kappa shape index (κ1) is 3.91. The lowest BCUT2D eigenvalue weighted by Crippen LogP contribution is -2.47. The smallest absolute Gasteiger partial charge is 0.0719 e. The molecule has 0 amide bonds. The summed E-state index contributed by atoms with van der Waals surface area (Å²) in [5, 5.41) is 12.1. The van der Waals surface area contributed by atoms with Crippen molar-refractivity contribution < 1.29 is 12.6 Å². The average molecular weight is 131 g/mol. The SMILES string of the molecule is [2H]C([2H])(O)[C@]12CO[C@H](CN1)C2. The van der Waals surface area contributed by atoms with Gasteiger partial charge in [0.1, 0.15) is 0 Å². The van der Waals surface area contributed by atoms with Crippen LogP contribution in [0.2, 0.25) is 0 Å². The lowest BCUT2D eigenvalue weighted by atomic mass is 10.0. The van der Waals surface area contributed by atoms with Gasteiger partial charge in [0.05, 0.1) is 27.6 Å². The molecule has 2 aliphatic rings. The lowest BCUT2D eigenvalue weighted by molar-refractivity contribution is 0.0523. The topological polar surface area (TPSA) is 41.5 Å². The summed E-state index contributed by atoms with van der Waals surface area (Å²) in [6, 6.07) is 0. The van der Waals surface area contributed by atoms with Crippen LogP contribution in [0.5, 0.6) is 0 Å². The second kappa shape index (κ2) is 1.68. The summed E-state index contributed by atoms with van der Waals surface area (Å²) in [4.78, 5) is 0. The number of fused-ring (bicyclic) bond motifs is 2. The number of nitrogens with one attached hydrogen (secondary N) is 1. The Morgan fingerprint density at radius 3 is 3.11 bits per heavy atom. The van der Waals surface area contributed by atoms with Gasteiger partial charge in [-0.25, -0.2) is 0 Å². The predicted octanol–water partition coefficient (Wildman–Crippen LogP) is -0.890. The van der Waals surface area contributed by atoms with Crippen LogP contribution >= 0.6 is 0 Å². The van der Waals surface area contributed by atoms with E-state index in [1.807, 2.05) is 0 Å². The van der Waals surface area contributed by atoms with Crippen LogP contribution < -0.4 is 5.32 Å². The normalized spacial score (nSPS) is 53.2. The average Bonchev–Trinajstić information content (AvgIpc) is 2.42. The Morgan fingerprint density at radius 1 is 2.00 bits per heavy atom. The van der Waals surface area contributed by atoms with Gasteiger partial charge in [0.2, 0.25) is 0 Å². The second-order valence-electron chi connectivity index (χ2n) is 2.71. The summed E-state index contributed by atoms with van der Waals surface area (Å²) in [6.45, 7) is -1.24. The monoisotopic (exact) mass is 131 g/mol. The zero-order valence-electron chi connectivity index (χ0n) is 7.05. The third-order valence-corrected chi connectivity index (χ3v) is 2.02. The Kier molecular flexibility index (Phi) is 0.731. The van der Waals surface area contributed by atoms with Crippen LogP contribution in [0.3, 0.4) is 0 Å². The van der Waals surface area contributed by atoms with Crippen molar-refractivity contribution in [1.29, 1.82) is 0 Å². The summed E-state index contributed by atoms with van der Waals surface area (Å²) in [6.07, 6.45) is 0.675. The summed E-state index contributed by atoms with van der Waals surface area (Å²) in [7, 11) is 0. The van der Waals surface area contributed by atoms with E-state index >= 15 is 0 Å². The highest BCUT2D eigenvalue weighted by atomic mass is 16.5. The molecule has 0 aromatic rings. The molecule has 0 aromatic carbocycles. The fourth-order valence-corrected chi connectivity index (χ4v) is 1.45. The molecule has 0 saturated carbocycles. The minimum Gasteiger partial charge on any atom is -0.394 e. The summed E-state index contributed by atoms with van der Waals surface area (Å²) < 4.78 is 19.6. The number of rotatable bonds is 1. The van der Waals surface area contributed by atoms with Crippen molar-refractivity contribution in [3.63, 3.8) is 0 Å². The molecule has 3 nitrogen and oxygen atoms in total. The molecule has 2 heterocycles. The van der Waals surface area contributed by atoms with Crippen molar-refractivity contribution in [3.05, 3.63) is 0 Å². The second-order valence-corrected chi connectivity index (χ2v) is 2.71. The minimum atomic E-state index is -2.17. The molecule has 2 N–H and O–H groups in total. The van der Waals surface area contributed by atoms with E-state index < -0.39 is 12.1 Å². The van der Waals surface area contributed by atoms with Crippen molar-refractivity contribution in [2.75, 3.05) is 19.7 Å². The van der Waals surface area contributed by atoms with Crippen LogP contribution in [0.15, 0.2) is 0 Å². The summed E-state index contributed by atoms with van der Waals surface area (Å²) in [5.74, 6) is 0. The molecule has 0 aliphatic carbocycles. The van der Waals surface area contributed by atoms with Gasteiger partial charge in [-0.3, -0.25) is 0 Å². The molecular weight excluding hydrogens is 118 g/mol. The van der Waals surface area contributed by atoms with Gasteiger partial charge in [0.15, 0.2) is 0 Å². The first-order valence-corrected chi connectivity index (χ1v) is 3.13. The fraction of sp³-hybridized carbons (Fsp3) is 1.00. The molecule has 52 valence electrons. The van der Waals surface area contributed by atoms with Crippen LogP contribution in [0.25, 0.3) is 0 Å². The highest BCUT2D eigenvalue weighted by Crippen LogP contribution is 2.28. The van der Waals surface area contributed by atoms with E-state index in [-0.39, 0.29) is 12.7 Å². The molecule has 2 rings (SSSR count). The number of aliphatic hydroxyl groups is 1. The predicted molar refractivity (Wildman–Crippen MR) is 32.2 cm³/mol. The Labute approximate surface area is 56.8 Å². The van der Waals surface area contributed by atoms with Crippen LogP contribution in [-0.4, -0.2) is 36.5 Å². The van der Waals surface area contributed by atoms with Gasteiger partial charge in [-0.05, 0) is 6.42 Å². The molecule has 2 fully saturated rings. The first-order valence-electron chi connectivity index (χ1n) is 4.13. The third kappa shape index (κ3) is 0.689. The molecular formula is C6H11NO2. The summed E-state index contributed by atoms with van der Waals surface area (Å²) in [5.41, 5.74) is -0.836. The molecule has 0 unspecified atom stereocenters. The van der Waals surface area contributed by atoms with E-state index in [9.17, 15) is 5.11 Å².